The van der Waals surface area contributed by atoms with Crippen molar-refractivity contribution < 1.29 is 31.1 Å². The number of alkyl halides is 3. The highest BCUT2D eigenvalue weighted by molar-refractivity contribution is 7.89. The molecule has 0 spiro atoms. The Labute approximate surface area is 177 Å². The van der Waals surface area contributed by atoms with E-state index < -0.39 is 28.3 Å². The highest BCUT2D eigenvalue weighted by atomic mass is 32.2. The number of rotatable bonds is 6. The minimum Gasteiger partial charge on any atom is -0.378 e. The molecule has 2 aromatic rings. The van der Waals surface area contributed by atoms with E-state index in [1.165, 1.54) is 12.1 Å². The zero-order chi connectivity index (χ0) is 22.6. The van der Waals surface area contributed by atoms with E-state index in [1.807, 2.05) is 4.90 Å². The van der Waals surface area contributed by atoms with Gasteiger partial charge >= 0.3 is 6.18 Å². The lowest BCUT2D eigenvalue weighted by atomic mass is 10.2. The molecule has 0 bridgehead atoms. The summed E-state index contributed by atoms with van der Waals surface area (Å²) in [5, 5.41) is 2.18. The summed E-state index contributed by atoms with van der Waals surface area (Å²) >= 11 is 0. The van der Waals surface area contributed by atoms with E-state index in [2.05, 4.69) is 15.3 Å². The number of anilines is 2. The molecule has 1 aliphatic heterocycles. The Morgan fingerprint density at radius 2 is 1.81 bits per heavy atom. The van der Waals surface area contributed by atoms with Crippen LogP contribution in [0.1, 0.15) is 12.1 Å². The van der Waals surface area contributed by atoms with Gasteiger partial charge in [-0.25, -0.2) is 18.4 Å². The largest absolute Gasteiger partial charge is 0.397 e. The van der Waals surface area contributed by atoms with Gasteiger partial charge in [-0.2, -0.15) is 13.2 Å². The normalized spacial score (nSPS) is 15.0. The summed E-state index contributed by atoms with van der Waals surface area (Å²) in [4.78, 5) is 22.3. The number of carbonyl (C=O) groups is 1. The van der Waals surface area contributed by atoms with E-state index in [0.29, 0.717) is 43.4 Å². The zero-order valence-electron chi connectivity index (χ0n) is 16.6. The average molecular weight is 458 g/mol. The molecule has 1 aromatic heterocycles. The third kappa shape index (κ3) is 7.17. The molecule has 1 fully saturated rings. The van der Waals surface area contributed by atoms with Crippen LogP contribution in [0, 0.1) is 0 Å². The topological polar surface area (TPSA) is 101 Å². The van der Waals surface area contributed by atoms with E-state index in [0.717, 1.165) is 6.26 Å². The van der Waals surface area contributed by atoms with Crippen molar-refractivity contribution >= 4 is 27.2 Å². The number of ether oxygens (including phenoxy) is 1. The number of nitrogens with one attached hydrogen (secondary N) is 1. The highest BCUT2D eigenvalue weighted by Gasteiger charge is 2.31. The molecule has 0 saturated carbocycles. The van der Waals surface area contributed by atoms with Gasteiger partial charge in [0, 0.05) is 36.7 Å². The number of amides is 1. The molecule has 12 heteroatoms. The molecule has 1 saturated heterocycles. The molecular weight excluding hydrogens is 437 g/mol. The Balaban J connectivity index is 1.86. The second kappa shape index (κ2) is 9.18. The highest BCUT2D eigenvalue weighted by Crippen LogP contribution is 2.24. The molecule has 0 atom stereocenters. The second-order valence-corrected chi connectivity index (χ2v) is 9.27. The van der Waals surface area contributed by atoms with Crippen LogP contribution in [0.15, 0.2) is 30.3 Å². The first-order chi connectivity index (χ1) is 14.5. The molecule has 1 N–H and O–H groups in total. The second-order valence-electron chi connectivity index (χ2n) is 7.13. The third-order valence-electron chi connectivity index (χ3n) is 4.30. The number of hydrogen-bond donors (Lipinski definition) is 1. The quantitative estimate of drug-likeness (QED) is 0.709. The molecular formula is C19H21F3N4O4S. The SMILES string of the molecule is CS(=O)(=O)Cc1cc(N2CCOCC2)nc(-c2ccc(NC(=O)CC(F)(F)F)cc2)n1. The van der Waals surface area contributed by atoms with Gasteiger partial charge in [-0.15, -0.1) is 0 Å². The predicted octanol–water partition coefficient (Wildman–Crippen LogP) is 2.42. The van der Waals surface area contributed by atoms with Gasteiger partial charge in [0.15, 0.2) is 15.7 Å². The van der Waals surface area contributed by atoms with Gasteiger partial charge in [0.1, 0.15) is 12.2 Å². The van der Waals surface area contributed by atoms with Gasteiger partial charge in [0.25, 0.3) is 0 Å². The van der Waals surface area contributed by atoms with Gasteiger partial charge in [0.2, 0.25) is 5.91 Å². The molecule has 3 rings (SSSR count). The Morgan fingerprint density at radius 3 is 2.39 bits per heavy atom. The molecule has 1 aromatic carbocycles. The summed E-state index contributed by atoms with van der Waals surface area (Å²) in [5.41, 5.74) is 1.05. The van der Waals surface area contributed by atoms with E-state index in [-0.39, 0.29) is 17.3 Å². The Morgan fingerprint density at radius 1 is 1.16 bits per heavy atom. The van der Waals surface area contributed by atoms with Gasteiger partial charge in [-0.1, -0.05) is 0 Å². The molecule has 2 heterocycles. The molecule has 0 aliphatic carbocycles. The van der Waals surface area contributed by atoms with Gasteiger partial charge in [0.05, 0.1) is 24.7 Å². The van der Waals surface area contributed by atoms with Crippen molar-refractivity contribution in [1.29, 1.82) is 0 Å². The number of sulfone groups is 1. The Kier molecular flexibility index (Phi) is 6.80. The van der Waals surface area contributed by atoms with Crippen molar-refractivity contribution in [3.8, 4) is 11.4 Å². The number of benzene rings is 1. The van der Waals surface area contributed by atoms with Gasteiger partial charge < -0.3 is 15.0 Å². The first kappa shape index (κ1) is 22.9. The Bertz CT molecular complexity index is 1040. The number of hydrogen-bond acceptors (Lipinski definition) is 7. The van der Waals surface area contributed by atoms with Crippen molar-refractivity contribution in [2.24, 2.45) is 0 Å². The number of carbonyl (C=O) groups excluding carboxylic acids is 1. The van der Waals surface area contributed by atoms with Crippen molar-refractivity contribution in [3.63, 3.8) is 0 Å². The van der Waals surface area contributed by atoms with E-state index >= 15 is 0 Å². The number of aromatic nitrogens is 2. The fourth-order valence-corrected chi connectivity index (χ4v) is 3.68. The lowest BCUT2D eigenvalue weighted by Crippen LogP contribution is -2.37. The Hall–Kier alpha value is -2.73. The van der Waals surface area contributed by atoms with Crippen LogP contribution in [-0.4, -0.2) is 63.0 Å². The fourth-order valence-electron chi connectivity index (χ4n) is 3.00. The summed E-state index contributed by atoms with van der Waals surface area (Å²) in [7, 11) is -3.33. The maximum Gasteiger partial charge on any atom is 0.397 e. The van der Waals surface area contributed by atoms with Crippen LogP contribution in [0.2, 0.25) is 0 Å². The van der Waals surface area contributed by atoms with Crippen LogP contribution >= 0.6 is 0 Å². The van der Waals surface area contributed by atoms with Crippen molar-refractivity contribution in [2.45, 2.75) is 18.3 Å². The predicted molar refractivity (Wildman–Crippen MR) is 108 cm³/mol. The summed E-state index contributed by atoms with van der Waals surface area (Å²) in [6.07, 6.45) is -5.05. The third-order valence-corrected chi connectivity index (χ3v) is 5.12. The van der Waals surface area contributed by atoms with E-state index in [1.54, 1.807) is 18.2 Å². The van der Waals surface area contributed by atoms with Crippen LogP contribution in [0.3, 0.4) is 0 Å². The molecule has 1 aliphatic rings. The lowest BCUT2D eigenvalue weighted by molar-refractivity contribution is -0.150. The molecule has 1 amide bonds. The van der Waals surface area contributed by atoms with E-state index in [4.69, 9.17) is 4.74 Å². The van der Waals surface area contributed by atoms with Gasteiger partial charge in [-0.3, -0.25) is 4.79 Å². The van der Waals surface area contributed by atoms with Crippen LogP contribution < -0.4 is 10.2 Å². The first-order valence-corrected chi connectivity index (χ1v) is 11.4. The standard InChI is InChI=1S/C19H21F3N4O4S/c1-31(28,29)12-15-10-16(26-6-8-30-9-7-26)25-18(24-15)13-2-4-14(5-3-13)23-17(27)11-19(20,21)22/h2-5,10H,6-9,11-12H2,1H3,(H,23,27). The fraction of sp³-hybridized carbons (Fsp3) is 0.421. The summed E-state index contributed by atoms with van der Waals surface area (Å²) < 4.78 is 65.8. The minimum absolute atomic E-state index is 0.193. The lowest BCUT2D eigenvalue weighted by Gasteiger charge is -2.28. The van der Waals surface area contributed by atoms with Crippen molar-refractivity contribution in [3.05, 3.63) is 36.0 Å². The maximum absolute atomic E-state index is 12.3. The van der Waals surface area contributed by atoms with Crippen LogP contribution in [0.4, 0.5) is 24.7 Å². The van der Waals surface area contributed by atoms with Crippen LogP contribution in [0.25, 0.3) is 11.4 Å². The maximum atomic E-state index is 12.3. The molecule has 168 valence electrons. The van der Waals surface area contributed by atoms with Crippen molar-refractivity contribution in [1.82, 2.24) is 9.97 Å². The summed E-state index contributed by atoms with van der Waals surface area (Å²) in [5.74, 6) is -0.586. The summed E-state index contributed by atoms with van der Waals surface area (Å²) in [6, 6.07) is 7.59. The van der Waals surface area contributed by atoms with Crippen molar-refractivity contribution in [2.75, 3.05) is 42.8 Å². The summed E-state index contributed by atoms with van der Waals surface area (Å²) in [6.45, 7) is 2.23. The van der Waals surface area contributed by atoms with Gasteiger partial charge in [-0.05, 0) is 24.3 Å². The number of halogens is 3. The molecule has 0 unspecified atom stereocenters. The zero-order valence-corrected chi connectivity index (χ0v) is 17.5. The smallest absolute Gasteiger partial charge is 0.378 e. The first-order valence-electron chi connectivity index (χ1n) is 9.34. The number of nitrogens with zero attached hydrogens (tertiary/aromatic N) is 3. The molecule has 31 heavy (non-hydrogen) atoms. The van der Waals surface area contributed by atoms with Crippen LogP contribution in [0.5, 0.6) is 0 Å². The molecule has 0 radical (unpaired) electrons. The average Bonchev–Trinajstić information content (AvgIpc) is 2.66. The molecule has 8 nitrogen and oxygen atoms in total. The van der Waals surface area contributed by atoms with E-state index in [9.17, 15) is 26.4 Å². The minimum atomic E-state index is -4.59. The van der Waals surface area contributed by atoms with Crippen LogP contribution in [-0.2, 0) is 25.1 Å². The number of morpholine rings is 1. The monoisotopic (exact) mass is 458 g/mol.